The zero-order valence-corrected chi connectivity index (χ0v) is 10.0. The minimum atomic E-state index is -3.75. The Balaban J connectivity index is 3.10. The zero-order valence-electron chi connectivity index (χ0n) is 9.20. The Kier molecular flexibility index (Phi) is 4.42. The second kappa shape index (κ2) is 5.60. The molecular weight excluding hydrogens is 242 g/mol. The molecule has 5 nitrogen and oxygen atoms in total. The predicted octanol–water partition coefficient (Wildman–Crippen LogP) is 1.45. The van der Waals surface area contributed by atoms with E-state index in [1.54, 1.807) is 0 Å². The van der Waals surface area contributed by atoms with Crippen LogP contribution < -0.4 is 0 Å². The van der Waals surface area contributed by atoms with Gasteiger partial charge in [0.1, 0.15) is 0 Å². The Labute approximate surface area is 100 Å². The molecule has 0 fully saturated rings. The Hall–Kier alpha value is -1.66. The lowest BCUT2D eigenvalue weighted by Crippen LogP contribution is -2.31. The van der Waals surface area contributed by atoms with E-state index in [0.717, 1.165) is 4.31 Å². The van der Waals surface area contributed by atoms with E-state index in [0.29, 0.717) is 6.29 Å². The van der Waals surface area contributed by atoms with Crippen molar-refractivity contribution in [2.45, 2.75) is 5.09 Å². The van der Waals surface area contributed by atoms with Crippen LogP contribution in [0.15, 0.2) is 47.0 Å². The Morgan fingerprint density at radius 1 is 1.24 bits per heavy atom. The van der Waals surface area contributed by atoms with Crippen molar-refractivity contribution in [2.24, 2.45) is 0 Å². The molecule has 1 rings (SSSR count). The van der Waals surface area contributed by atoms with Crippen LogP contribution in [0.1, 0.15) is 10.6 Å². The summed E-state index contributed by atoms with van der Waals surface area (Å²) in [5.74, 6) is -0.0271. The summed E-state index contributed by atoms with van der Waals surface area (Å²) in [6.07, 6.45) is 3.37. The Morgan fingerprint density at radius 3 is 2.24 bits per heavy atom. The molecule has 6 heteroatoms. The zero-order chi connectivity index (χ0) is 12.9. The Morgan fingerprint density at radius 2 is 1.82 bits per heavy atom. The van der Waals surface area contributed by atoms with Crippen LogP contribution in [0.25, 0.3) is 0 Å². The molecule has 0 amide bonds. The van der Waals surface area contributed by atoms with Gasteiger partial charge in [-0.05, 0) is 12.1 Å². The average Bonchev–Trinajstić information content (AvgIpc) is 2.78. The summed E-state index contributed by atoms with van der Waals surface area (Å²) in [6.45, 7) is 7.26. The van der Waals surface area contributed by atoms with Gasteiger partial charge < -0.3 is 4.42 Å². The first-order chi connectivity index (χ1) is 8.06. The van der Waals surface area contributed by atoms with Gasteiger partial charge >= 0.3 is 0 Å². The van der Waals surface area contributed by atoms with Gasteiger partial charge in [-0.1, -0.05) is 12.2 Å². The first-order valence-corrected chi connectivity index (χ1v) is 6.27. The summed E-state index contributed by atoms with van der Waals surface area (Å²) in [5.41, 5.74) is 0. The molecule has 0 aliphatic carbocycles. The largest absolute Gasteiger partial charge is 0.440 e. The maximum Gasteiger partial charge on any atom is 0.277 e. The van der Waals surface area contributed by atoms with E-state index in [2.05, 4.69) is 13.2 Å². The highest BCUT2D eigenvalue weighted by Crippen LogP contribution is 2.17. The maximum atomic E-state index is 12.1. The fourth-order valence-corrected chi connectivity index (χ4v) is 2.52. The van der Waals surface area contributed by atoms with Crippen molar-refractivity contribution in [3.8, 4) is 0 Å². The molecule has 0 unspecified atom stereocenters. The van der Waals surface area contributed by atoms with Crippen LogP contribution in [0.5, 0.6) is 0 Å². The average molecular weight is 255 g/mol. The quantitative estimate of drug-likeness (QED) is 0.546. The third kappa shape index (κ3) is 2.92. The lowest BCUT2D eigenvalue weighted by Gasteiger charge is -2.16. The van der Waals surface area contributed by atoms with Crippen LogP contribution in [0.2, 0.25) is 0 Å². The monoisotopic (exact) mass is 255 g/mol. The molecule has 0 radical (unpaired) electrons. The van der Waals surface area contributed by atoms with Gasteiger partial charge in [-0.25, -0.2) is 8.42 Å². The molecule has 0 saturated carbocycles. The van der Waals surface area contributed by atoms with Gasteiger partial charge in [0, 0.05) is 13.1 Å². The van der Waals surface area contributed by atoms with Gasteiger partial charge in [0.25, 0.3) is 10.0 Å². The highest BCUT2D eigenvalue weighted by molar-refractivity contribution is 7.89. The molecule has 0 bridgehead atoms. The van der Waals surface area contributed by atoms with Crippen LogP contribution in [0, 0.1) is 0 Å². The van der Waals surface area contributed by atoms with E-state index >= 15 is 0 Å². The fraction of sp³-hybridized carbons (Fsp3) is 0.182. The third-order valence-electron chi connectivity index (χ3n) is 1.98. The third-order valence-corrected chi connectivity index (χ3v) is 3.68. The molecule has 0 aromatic carbocycles. The minimum absolute atomic E-state index is 0.0271. The van der Waals surface area contributed by atoms with Crippen molar-refractivity contribution in [3.63, 3.8) is 0 Å². The summed E-state index contributed by atoms with van der Waals surface area (Å²) in [7, 11) is -3.75. The fourth-order valence-electron chi connectivity index (χ4n) is 1.22. The van der Waals surface area contributed by atoms with E-state index in [1.807, 2.05) is 0 Å². The first kappa shape index (κ1) is 13.4. The van der Waals surface area contributed by atoms with Gasteiger partial charge in [-0.3, -0.25) is 4.79 Å². The van der Waals surface area contributed by atoms with Crippen molar-refractivity contribution in [1.82, 2.24) is 4.31 Å². The van der Waals surface area contributed by atoms with Crippen molar-refractivity contribution < 1.29 is 17.6 Å². The van der Waals surface area contributed by atoms with E-state index in [9.17, 15) is 13.2 Å². The van der Waals surface area contributed by atoms with E-state index in [-0.39, 0.29) is 23.9 Å². The lowest BCUT2D eigenvalue weighted by atomic mass is 10.5. The van der Waals surface area contributed by atoms with Crippen LogP contribution in [-0.2, 0) is 10.0 Å². The number of sulfonamides is 1. The number of hydrogen-bond donors (Lipinski definition) is 0. The second-order valence-electron chi connectivity index (χ2n) is 3.17. The molecule has 0 aliphatic heterocycles. The molecule has 0 aliphatic rings. The molecule has 0 spiro atoms. The van der Waals surface area contributed by atoms with E-state index in [4.69, 9.17) is 4.42 Å². The molecule has 1 aromatic heterocycles. The van der Waals surface area contributed by atoms with Crippen molar-refractivity contribution in [1.29, 1.82) is 0 Å². The summed E-state index contributed by atoms with van der Waals surface area (Å²) in [6, 6.07) is 2.55. The van der Waals surface area contributed by atoms with E-state index < -0.39 is 10.0 Å². The van der Waals surface area contributed by atoms with Gasteiger partial charge in [0.15, 0.2) is 12.0 Å². The number of carbonyl (C=O) groups excluding carboxylic acids is 1. The first-order valence-electron chi connectivity index (χ1n) is 4.83. The van der Waals surface area contributed by atoms with Gasteiger partial charge in [0.2, 0.25) is 5.09 Å². The summed E-state index contributed by atoms with van der Waals surface area (Å²) in [4.78, 5) is 10.4. The number of aldehydes is 1. The highest BCUT2D eigenvalue weighted by atomic mass is 32.2. The minimum Gasteiger partial charge on any atom is -0.440 e. The molecule has 1 aromatic rings. The van der Waals surface area contributed by atoms with E-state index in [1.165, 1.54) is 24.3 Å². The van der Waals surface area contributed by atoms with Gasteiger partial charge in [0.05, 0.1) is 0 Å². The number of hydrogen-bond acceptors (Lipinski definition) is 4. The number of nitrogens with zero attached hydrogens (tertiary/aromatic N) is 1. The van der Waals surface area contributed by atoms with Crippen molar-refractivity contribution >= 4 is 16.3 Å². The second-order valence-corrected chi connectivity index (χ2v) is 5.04. The SMILES string of the molecule is C=CCN(CC=C)S(=O)(=O)c1ccc(C=O)o1. The summed E-state index contributed by atoms with van der Waals surface area (Å²) in [5, 5.41) is -0.261. The van der Waals surface area contributed by atoms with Crippen molar-refractivity contribution in [3.05, 3.63) is 43.2 Å². The van der Waals surface area contributed by atoms with Crippen LogP contribution in [0.4, 0.5) is 0 Å². The number of rotatable bonds is 7. The Bertz CT molecular complexity index is 505. The molecular formula is C11H13NO4S. The predicted molar refractivity (Wildman–Crippen MR) is 63.2 cm³/mol. The standard InChI is InChI=1S/C11H13NO4S/c1-3-7-12(8-4-2)17(14,15)11-6-5-10(9-13)16-11/h3-6,9H,1-2,7-8H2. The molecule has 1 heterocycles. The summed E-state index contributed by atoms with van der Waals surface area (Å²) >= 11 is 0. The molecule has 0 N–H and O–H groups in total. The van der Waals surface area contributed by atoms with Crippen LogP contribution >= 0.6 is 0 Å². The molecule has 92 valence electrons. The maximum absolute atomic E-state index is 12.1. The van der Waals surface area contributed by atoms with Gasteiger partial charge in [-0.2, -0.15) is 4.31 Å². The number of carbonyl (C=O) groups is 1. The highest BCUT2D eigenvalue weighted by Gasteiger charge is 2.25. The molecule has 0 atom stereocenters. The number of furan rings is 1. The molecule has 17 heavy (non-hydrogen) atoms. The van der Waals surface area contributed by atoms with Crippen LogP contribution in [-0.4, -0.2) is 32.1 Å². The molecule has 0 saturated heterocycles. The summed E-state index contributed by atoms with van der Waals surface area (Å²) < 4.78 is 30.2. The smallest absolute Gasteiger partial charge is 0.277 e. The normalized spacial score (nSPS) is 11.4. The van der Waals surface area contributed by atoms with Crippen LogP contribution in [0.3, 0.4) is 0 Å². The topological polar surface area (TPSA) is 67.6 Å². The van der Waals surface area contributed by atoms with Gasteiger partial charge in [-0.15, -0.1) is 13.2 Å². The van der Waals surface area contributed by atoms with Crippen molar-refractivity contribution in [2.75, 3.05) is 13.1 Å². The lowest BCUT2D eigenvalue weighted by molar-refractivity contribution is 0.109.